The summed E-state index contributed by atoms with van der Waals surface area (Å²) in [6.07, 6.45) is 0. The first kappa shape index (κ1) is 16.5. The Hall–Kier alpha value is -2.83. The summed E-state index contributed by atoms with van der Waals surface area (Å²) in [5.74, 6) is -0.196. The van der Waals surface area contributed by atoms with Crippen molar-refractivity contribution in [2.45, 2.75) is 34.6 Å². The van der Waals surface area contributed by atoms with Crippen LogP contribution in [0.15, 0.2) is 12.1 Å². The minimum absolute atomic E-state index is 0.132. The van der Waals surface area contributed by atoms with Crippen molar-refractivity contribution in [2.75, 3.05) is 0 Å². The zero-order valence-corrected chi connectivity index (χ0v) is 13.9. The Labute approximate surface area is 134 Å². The van der Waals surface area contributed by atoms with Crippen molar-refractivity contribution in [3.63, 3.8) is 0 Å². The molecule has 0 unspecified atom stereocenters. The molecule has 0 saturated carbocycles. The van der Waals surface area contributed by atoms with Crippen molar-refractivity contribution in [3.05, 3.63) is 29.0 Å². The topological polar surface area (TPSA) is 98.0 Å². The smallest absolute Gasteiger partial charge is 0.264 e. The Kier molecular flexibility index (Phi) is 4.68. The molecule has 7 heteroatoms. The SMILES string of the molecule is CC(=O)NC(NC(C)=O)=[NH+]c1nc(C)c2cc(C)c(C)cc2n1. The fourth-order valence-electron chi connectivity index (χ4n) is 2.15. The molecule has 0 atom stereocenters. The van der Waals surface area contributed by atoms with Gasteiger partial charge in [0.15, 0.2) is 0 Å². The minimum atomic E-state index is -0.315. The molecule has 23 heavy (non-hydrogen) atoms. The van der Waals surface area contributed by atoms with Crippen molar-refractivity contribution >= 4 is 34.6 Å². The summed E-state index contributed by atoms with van der Waals surface area (Å²) in [7, 11) is 0. The number of fused-ring (bicyclic) bond motifs is 1. The van der Waals surface area contributed by atoms with Gasteiger partial charge in [0.25, 0.3) is 17.8 Å². The number of aromatic nitrogens is 2. The van der Waals surface area contributed by atoms with E-state index < -0.39 is 0 Å². The van der Waals surface area contributed by atoms with E-state index in [1.54, 1.807) is 0 Å². The van der Waals surface area contributed by atoms with E-state index in [9.17, 15) is 9.59 Å². The van der Waals surface area contributed by atoms with E-state index in [0.717, 1.165) is 22.2 Å². The Morgan fingerprint density at radius 1 is 0.957 bits per heavy atom. The van der Waals surface area contributed by atoms with Crippen LogP contribution in [-0.2, 0) is 9.59 Å². The highest BCUT2D eigenvalue weighted by Crippen LogP contribution is 2.20. The van der Waals surface area contributed by atoms with Gasteiger partial charge in [0, 0.05) is 19.2 Å². The van der Waals surface area contributed by atoms with Crippen LogP contribution in [0.4, 0.5) is 5.95 Å². The van der Waals surface area contributed by atoms with Crippen LogP contribution < -0.4 is 15.6 Å². The highest BCUT2D eigenvalue weighted by Gasteiger charge is 2.13. The quantitative estimate of drug-likeness (QED) is 0.505. The number of hydrogen-bond donors (Lipinski definition) is 3. The van der Waals surface area contributed by atoms with Gasteiger partial charge in [-0.1, -0.05) is 0 Å². The van der Waals surface area contributed by atoms with Gasteiger partial charge < -0.3 is 0 Å². The van der Waals surface area contributed by atoms with Crippen molar-refractivity contribution < 1.29 is 14.6 Å². The van der Waals surface area contributed by atoms with E-state index >= 15 is 0 Å². The molecule has 120 valence electrons. The molecule has 0 aliphatic heterocycles. The highest BCUT2D eigenvalue weighted by molar-refractivity contribution is 6.01. The van der Waals surface area contributed by atoms with E-state index in [2.05, 4.69) is 31.7 Å². The minimum Gasteiger partial charge on any atom is -0.264 e. The van der Waals surface area contributed by atoms with Crippen LogP contribution in [0.25, 0.3) is 10.9 Å². The number of hydrogen-bond acceptors (Lipinski definition) is 4. The first-order valence-corrected chi connectivity index (χ1v) is 7.21. The number of aryl methyl sites for hydroxylation is 3. The lowest BCUT2D eigenvalue weighted by molar-refractivity contribution is -0.368. The fourth-order valence-corrected chi connectivity index (χ4v) is 2.15. The first-order chi connectivity index (χ1) is 10.8. The highest BCUT2D eigenvalue weighted by atomic mass is 16.2. The number of amides is 2. The molecule has 0 aliphatic rings. The average Bonchev–Trinajstić information content (AvgIpc) is 2.39. The zero-order valence-electron chi connectivity index (χ0n) is 13.9. The van der Waals surface area contributed by atoms with Crippen molar-refractivity contribution in [1.29, 1.82) is 0 Å². The molecule has 0 fully saturated rings. The van der Waals surface area contributed by atoms with Crippen LogP contribution in [0.3, 0.4) is 0 Å². The summed E-state index contributed by atoms with van der Waals surface area (Å²) in [5.41, 5.74) is 3.92. The Balaban J connectivity index is 2.53. The zero-order chi connectivity index (χ0) is 17.1. The van der Waals surface area contributed by atoms with Crippen LogP contribution >= 0.6 is 0 Å². The maximum Gasteiger partial charge on any atom is 0.354 e. The molecule has 2 amide bonds. The number of rotatable bonds is 1. The molecule has 3 N–H and O–H groups in total. The maximum atomic E-state index is 11.2. The molecule has 0 aliphatic carbocycles. The maximum absolute atomic E-state index is 11.2. The summed E-state index contributed by atoms with van der Waals surface area (Å²) in [6, 6.07) is 4.04. The lowest BCUT2D eigenvalue weighted by Gasteiger charge is -2.05. The van der Waals surface area contributed by atoms with E-state index in [1.807, 2.05) is 26.8 Å². The van der Waals surface area contributed by atoms with Crippen molar-refractivity contribution in [1.82, 2.24) is 20.6 Å². The normalized spacial score (nSPS) is 10.3. The lowest BCUT2D eigenvalue weighted by atomic mass is 10.1. The van der Waals surface area contributed by atoms with Gasteiger partial charge >= 0.3 is 5.95 Å². The van der Waals surface area contributed by atoms with Gasteiger partial charge in [0.2, 0.25) is 0 Å². The molecule has 0 spiro atoms. The second-order valence-corrected chi connectivity index (χ2v) is 5.45. The molecule has 0 radical (unpaired) electrons. The fraction of sp³-hybridized carbons (Fsp3) is 0.312. The lowest BCUT2D eigenvalue weighted by Crippen LogP contribution is -2.76. The third-order valence-electron chi connectivity index (χ3n) is 3.34. The summed E-state index contributed by atoms with van der Waals surface area (Å²) in [4.78, 5) is 34.1. The standard InChI is InChI=1S/C16H19N5O2/c1-8-6-13-10(3)17-15(20-14(13)7-9(8)2)21-16(18-11(4)22)19-12(5)23/h6-7H,1-5H3,(H2,17,18,19,20,21,22,23)/p+1. The van der Waals surface area contributed by atoms with Gasteiger partial charge in [-0.2, -0.15) is 0 Å². The molecule has 2 rings (SSSR count). The number of benzene rings is 1. The predicted octanol–water partition coefficient (Wildman–Crippen LogP) is -0.105. The third kappa shape index (κ3) is 4.09. The number of carbonyl (C=O) groups is 2. The summed E-state index contributed by atoms with van der Waals surface area (Å²) in [6.45, 7) is 8.65. The molecule has 0 bridgehead atoms. The van der Waals surface area contributed by atoms with Crippen LogP contribution in [0.2, 0.25) is 0 Å². The summed E-state index contributed by atoms with van der Waals surface area (Å²) in [5, 5.41) is 5.98. The van der Waals surface area contributed by atoms with Crippen LogP contribution in [0.5, 0.6) is 0 Å². The van der Waals surface area contributed by atoms with Gasteiger partial charge in [0.05, 0.1) is 5.69 Å². The third-order valence-corrected chi connectivity index (χ3v) is 3.34. The molecule has 1 aromatic carbocycles. The largest absolute Gasteiger partial charge is 0.354 e. The second-order valence-electron chi connectivity index (χ2n) is 5.45. The first-order valence-electron chi connectivity index (χ1n) is 7.21. The van der Waals surface area contributed by atoms with Crippen LogP contribution in [0.1, 0.15) is 30.7 Å². The van der Waals surface area contributed by atoms with Crippen molar-refractivity contribution in [2.24, 2.45) is 0 Å². The van der Waals surface area contributed by atoms with Crippen molar-refractivity contribution in [3.8, 4) is 0 Å². The Morgan fingerprint density at radius 3 is 2.09 bits per heavy atom. The van der Waals surface area contributed by atoms with E-state index in [0.29, 0.717) is 5.95 Å². The number of carbonyl (C=O) groups excluding carboxylic acids is 2. The number of nitrogens with zero attached hydrogens (tertiary/aromatic N) is 2. The molecule has 1 aromatic heterocycles. The average molecular weight is 314 g/mol. The summed E-state index contributed by atoms with van der Waals surface area (Å²) >= 11 is 0. The van der Waals surface area contributed by atoms with Crippen LogP contribution in [0, 0.1) is 20.8 Å². The summed E-state index contributed by atoms with van der Waals surface area (Å²) < 4.78 is 0. The monoisotopic (exact) mass is 314 g/mol. The molecule has 2 aromatic rings. The van der Waals surface area contributed by atoms with Gasteiger partial charge in [-0.15, -0.1) is 9.97 Å². The molecular weight excluding hydrogens is 294 g/mol. The Morgan fingerprint density at radius 2 is 1.52 bits per heavy atom. The predicted molar refractivity (Wildman–Crippen MR) is 87.0 cm³/mol. The molecule has 0 saturated heterocycles. The van der Waals surface area contributed by atoms with Crippen LogP contribution in [-0.4, -0.2) is 27.7 Å². The molecule has 7 nitrogen and oxygen atoms in total. The van der Waals surface area contributed by atoms with Gasteiger partial charge in [-0.05, 0) is 44.0 Å². The second kappa shape index (κ2) is 6.51. The number of guanidine groups is 1. The Bertz CT molecular complexity index is 809. The van der Waals surface area contributed by atoms with Gasteiger partial charge in [-0.3, -0.25) is 9.59 Å². The van der Waals surface area contributed by atoms with Gasteiger partial charge in [0.1, 0.15) is 5.52 Å². The van der Waals surface area contributed by atoms with E-state index in [4.69, 9.17) is 0 Å². The number of nitrogens with one attached hydrogen (secondary N) is 3. The van der Waals surface area contributed by atoms with E-state index in [-0.39, 0.29) is 17.8 Å². The van der Waals surface area contributed by atoms with E-state index in [1.165, 1.54) is 19.4 Å². The van der Waals surface area contributed by atoms with Gasteiger partial charge in [-0.25, -0.2) is 15.6 Å². The molecular formula is C16H20N5O2+. The molecule has 1 heterocycles.